The first-order chi connectivity index (χ1) is 15.2. The molecule has 0 N–H and O–H groups in total. The van der Waals surface area contributed by atoms with E-state index < -0.39 is 6.36 Å². The number of aromatic nitrogens is 4. The van der Waals surface area contributed by atoms with Crippen LogP contribution in [-0.2, 0) is 6.42 Å². The Hall–Kier alpha value is -3.75. The summed E-state index contributed by atoms with van der Waals surface area (Å²) < 4.78 is 42.4. The van der Waals surface area contributed by atoms with Crippen LogP contribution in [0.15, 0.2) is 55.0 Å². The van der Waals surface area contributed by atoms with Gasteiger partial charge >= 0.3 is 6.36 Å². The van der Waals surface area contributed by atoms with Crippen molar-refractivity contribution in [1.82, 2.24) is 19.6 Å². The zero-order valence-electron chi connectivity index (χ0n) is 17.3. The molecule has 32 heavy (non-hydrogen) atoms. The van der Waals surface area contributed by atoms with Gasteiger partial charge in [0, 0.05) is 30.6 Å². The van der Waals surface area contributed by atoms with Crippen molar-refractivity contribution in [3.05, 3.63) is 77.4 Å². The van der Waals surface area contributed by atoms with E-state index in [4.69, 9.17) is 0 Å². The maximum atomic E-state index is 12.9. The monoisotopic (exact) mass is 440 g/mol. The summed E-state index contributed by atoms with van der Waals surface area (Å²) in [7, 11) is 0. The topological polar surface area (TPSA) is 69.4 Å². The van der Waals surface area contributed by atoms with Gasteiger partial charge in [-0.05, 0) is 67.8 Å². The summed E-state index contributed by atoms with van der Waals surface area (Å²) in [6.07, 6.45) is 1.06. The molecule has 3 aromatic heterocycles. The fourth-order valence-electron chi connectivity index (χ4n) is 3.44. The lowest BCUT2D eigenvalue weighted by Gasteiger charge is -2.09. The molecule has 0 saturated carbocycles. The highest BCUT2D eigenvalue weighted by molar-refractivity contribution is 6.03. The standard InChI is InChI=1S/C23H19F3N4O2/c1-14-9-10-30-19(11-14)21(15(2)29-30)20(31)8-3-16-12-27-22(28-13-16)17-4-6-18(7-5-17)32-23(24,25)26/h4-7,9-13H,3,8H2,1-2H3. The molecule has 6 nitrogen and oxygen atoms in total. The molecule has 3 heterocycles. The van der Waals surface area contributed by atoms with E-state index in [1.165, 1.54) is 24.3 Å². The van der Waals surface area contributed by atoms with Gasteiger partial charge in [-0.25, -0.2) is 14.5 Å². The number of fused-ring (bicyclic) bond motifs is 1. The van der Waals surface area contributed by atoms with E-state index >= 15 is 0 Å². The van der Waals surface area contributed by atoms with Crippen molar-refractivity contribution < 1.29 is 22.7 Å². The van der Waals surface area contributed by atoms with Crippen LogP contribution in [0.25, 0.3) is 16.9 Å². The second-order valence-electron chi connectivity index (χ2n) is 7.40. The Balaban J connectivity index is 1.43. The molecule has 4 aromatic rings. The van der Waals surface area contributed by atoms with Crippen molar-refractivity contribution in [1.29, 1.82) is 0 Å². The number of carbonyl (C=O) groups is 1. The Labute approximate surface area is 181 Å². The molecule has 0 unspecified atom stereocenters. The summed E-state index contributed by atoms with van der Waals surface area (Å²) in [5, 5.41) is 4.40. The van der Waals surface area contributed by atoms with Crippen LogP contribution in [0, 0.1) is 13.8 Å². The van der Waals surface area contributed by atoms with Gasteiger partial charge in [0.2, 0.25) is 0 Å². The Bertz CT molecular complexity index is 1260. The van der Waals surface area contributed by atoms with E-state index in [0.717, 1.165) is 16.6 Å². The summed E-state index contributed by atoms with van der Waals surface area (Å²) >= 11 is 0. The zero-order valence-corrected chi connectivity index (χ0v) is 17.3. The van der Waals surface area contributed by atoms with Gasteiger partial charge in [-0.1, -0.05) is 0 Å². The first kappa shape index (κ1) is 21.5. The van der Waals surface area contributed by atoms with E-state index in [-0.39, 0.29) is 18.0 Å². The number of aryl methyl sites for hydroxylation is 3. The SMILES string of the molecule is Cc1ccn2nc(C)c(C(=O)CCc3cnc(-c4ccc(OC(F)(F)F)cc4)nc3)c2c1. The van der Waals surface area contributed by atoms with Gasteiger partial charge in [-0.3, -0.25) is 4.79 Å². The number of rotatable bonds is 6. The maximum absolute atomic E-state index is 12.9. The third-order valence-corrected chi connectivity index (χ3v) is 4.94. The minimum Gasteiger partial charge on any atom is -0.406 e. The van der Waals surface area contributed by atoms with E-state index in [2.05, 4.69) is 19.8 Å². The number of Topliss-reactive ketones (excluding diaryl/α,β-unsaturated/α-hetero) is 1. The average Bonchev–Trinajstić information content (AvgIpc) is 3.07. The molecular formula is C23H19F3N4O2. The molecule has 0 aliphatic heterocycles. The number of benzene rings is 1. The second kappa shape index (κ2) is 8.41. The number of alkyl halides is 3. The summed E-state index contributed by atoms with van der Waals surface area (Å²) in [5.74, 6) is 0.0505. The van der Waals surface area contributed by atoms with Crippen molar-refractivity contribution in [2.45, 2.75) is 33.1 Å². The number of carbonyl (C=O) groups excluding carboxylic acids is 1. The van der Waals surface area contributed by atoms with E-state index in [1.54, 1.807) is 16.9 Å². The maximum Gasteiger partial charge on any atom is 0.573 e. The molecule has 4 rings (SSSR count). The van der Waals surface area contributed by atoms with Crippen LogP contribution in [0.2, 0.25) is 0 Å². The first-order valence-corrected chi connectivity index (χ1v) is 9.85. The highest BCUT2D eigenvalue weighted by atomic mass is 19.4. The van der Waals surface area contributed by atoms with Gasteiger partial charge in [0.1, 0.15) is 5.75 Å². The number of hydrogen-bond acceptors (Lipinski definition) is 5. The van der Waals surface area contributed by atoms with Crippen LogP contribution in [0.5, 0.6) is 5.75 Å². The molecule has 0 aliphatic carbocycles. The Morgan fingerprint density at radius 1 is 1.06 bits per heavy atom. The van der Waals surface area contributed by atoms with Crippen LogP contribution in [0.1, 0.15) is 33.6 Å². The predicted molar refractivity (Wildman–Crippen MR) is 111 cm³/mol. The van der Waals surface area contributed by atoms with Gasteiger partial charge in [0.25, 0.3) is 0 Å². The highest BCUT2D eigenvalue weighted by Gasteiger charge is 2.31. The molecule has 164 valence electrons. The van der Waals surface area contributed by atoms with Gasteiger partial charge < -0.3 is 4.74 Å². The van der Waals surface area contributed by atoms with Crippen LogP contribution in [0.3, 0.4) is 0 Å². The van der Waals surface area contributed by atoms with E-state index in [1.807, 2.05) is 32.2 Å². The number of ether oxygens (including phenoxy) is 1. The molecule has 0 amide bonds. The van der Waals surface area contributed by atoms with Gasteiger partial charge in [0.15, 0.2) is 11.6 Å². The normalized spacial score (nSPS) is 11.7. The smallest absolute Gasteiger partial charge is 0.406 e. The van der Waals surface area contributed by atoms with Gasteiger partial charge in [-0.15, -0.1) is 13.2 Å². The number of hydrogen-bond donors (Lipinski definition) is 0. The zero-order chi connectivity index (χ0) is 22.9. The minimum absolute atomic E-state index is 0.00701. The number of pyridine rings is 1. The van der Waals surface area contributed by atoms with Crippen LogP contribution >= 0.6 is 0 Å². The number of nitrogens with zero attached hydrogens (tertiary/aromatic N) is 4. The summed E-state index contributed by atoms with van der Waals surface area (Å²) in [5.41, 5.74) is 4.48. The third-order valence-electron chi connectivity index (χ3n) is 4.94. The third kappa shape index (κ3) is 4.77. The van der Waals surface area contributed by atoms with Crippen LogP contribution < -0.4 is 4.74 Å². The molecule has 0 saturated heterocycles. The Morgan fingerprint density at radius 2 is 1.75 bits per heavy atom. The molecule has 0 radical (unpaired) electrons. The molecule has 0 fully saturated rings. The van der Waals surface area contributed by atoms with Crippen molar-refractivity contribution in [2.24, 2.45) is 0 Å². The predicted octanol–water partition coefficient (Wildman–Crippen LogP) is 5.12. The van der Waals surface area contributed by atoms with E-state index in [0.29, 0.717) is 29.1 Å². The van der Waals surface area contributed by atoms with Gasteiger partial charge in [-0.2, -0.15) is 5.10 Å². The Kier molecular flexibility index (Phi) is 5.65. The molecule has 1 aromatic carbocycles. The lowest BCUT2D eigenvalue weighted by Crippen LogP contribution is -2.16. The fraction of sp³-hybridized carbons (Fsp3) is 0.217. The molecule has 9 heteroatoms. The molecule has 0 spiro atoms. The van der Waals surface area contributed by atoms with Crippen molar-refractivity contribution in [3.63, 3.8) is 0 Å². The lowest BCUT2D eigenvalue weighted by molar-refractivity contribution is -0.274. The summed E-state index contributed by atoms with van der Waals surface area (Å²) in [6.45, 7) is 3.78. The minimum atomic E-state index is -4.74. The van der Waals surface area contributed by atoms with Crippen molar-refractivity contribution >= 4 is 11.3 Å². The summed E-state index contributed by atoms with van der Waals surface area (Å²) in [4.78, 5) is 21.4. The van der Waals surface area contributed by atoms with E-state index in [9.17, 15) is 18.0 Å². The second-order valence-corrected chi connectivity index (χ2v) is 7.40. The summed E-state index contributed by atoms with van der Waals surface area (Å²) in [6, 6.07) is 9.20. The largest absolute Gasteiger partial charge is 0.573 e. The molecular weight excluding hydrogens is 421 g/mol. The lowest BCUT2D eigenvalue weighted by atomic mass is 10.0. The highest BCUT2D eigenvalue weighted by Crippen LogP contribution is 2.25. The fourth-order valence-corrected chi connectivity index (χ4v) is 3.44. The quantitative estimate of drug-likeness (QED) is 0.389. The number of ketones is 1. The van der Waals surface area contributed by atoms with Crippen molar-refractivity contribution in [2.75, 3.05) is 0 Å². The first-order valence-electron chi connectivity index (χ1n) is 9.85. The molecule has 0 bridgehead atoms. The van der Waals surface area contributed by atoms with Crippen LogP contribution in [-0.4, -0.2) is 31.7 Å². The number of halogens is 3. The molecule has 0 atom stereocenters. The molecule has 0 aliphatic rings. The average molecular weight is 440 g/mol. The Morgan fingerprint density at radius 3 is 2.41 bits per heavy atom. The van der Waals surface area contributed by atoms with Crippen LogP contribution in [0.4, 0.5) is 13.2 Å². The van der Waals surface area contributed by atoms with Crippen molar-refractivity contribution in [3.8, 4) is 17.1 Å². The van der Waals surface area contributed by atoms with Gasteiger partial charge in [0.05, 0.1) is 16.8 Å².